The van der Waals surface area contributed by atoms with Crippen molar-refractivity contribution in [1.82, 2.24) is 0 Å². The van der Waals surface area contributed by atoms with Crippen LogP contribution >= 0.6 is 0 Å². The summed E-state index contributed by atoms with van der Waals surface area (Å²) in [5.41, 5.74) is 7.22. The number of ether oxygens (including phenoxy) is 6. The molecule has 0 radical (unpaired) electrons. The lowest BCUT2D eigenvalue weighted by Crippen LogP contribution is -2.57. The van der Waals surface area contributed by atoms with Gasteiger partial charge in [-0.15, -0.1) is 0 Å². The Morgan fingerprint density at radius 1 is 0.353 bits per heavy atom. The van der Waals surface area contributed by atoms with Crippen molar-refractivity contribution in [3.63, 3.8) is 0 Å². The molecular weight excluding hydrogens is 1270 g/mol. The number of ketones is 2. The third-order valence-electron chi connectivity index (χ3n) is 35.4. The molecule has 19 aliphatic rings. The van der Waals surface area contributed by atoms with Gasteiger partial charge in [0.25, 0.3) is 0 Å². The van der Waals surface area contributed by atoms with Crippen molar-refractivity contribution in [3.05, 3.63) is 46.6 Å². The first-order valence-corrected chi connectivity index (χ1v) is 41.3. The second-order valence-electron chi connectivity index (χ2n) is 39.6. The molecule has 4 saturated heterocycles. The molecular formula is C90H146O12. The summed E-state index contributed by atoms with van der Waals surface area (Å²) in [4.78, 5) is 25.7. The Hall–Kier alpha value is -2.10. The highest BCUT2D eigenvalue weighted by atomic mass is 16.7. The standard InChI is InChI=1S/2C22H34O3.C22H32O3.C20H30O2.CH4O.3CH4/c2*1-14-4-7-20(2)15(12-14)13-18(23)19-16(20)5-8-21(3)17(19)6-9-22(21)24-10-11-25-22;1-14-5-8-20(2)15(11-14)12-18(23)19-16(20)6-9-21(3)17(19)13-25-22(21)7-4-10-24-22;1-12-6-8-19(2)13(10-12)11-16(21)18-14-4-5-17(22)20(14,3)9-7-15(18)19;1-2;;;/h2*13-14,16-19,23H,4-12H2,1-3H3;12,14,16-17,19H,4-11,13H2,1-3H3;11-12,14-16,18,21H,4-10H2,1-3H3;2H,1H3;3*1H4/t2*14-,16?,17?,18-,19?,20-,21-;14-,16?,17?,19?,20-,21-,22?;12-,14?,15?,16-,18?,19-,20-;;;;/m0000..../s1. The van der Waals surface area contributed by atoms with Crippen LogP contribution in [0.1, 0.15) is 285 Å². The predicted octanol–water partition coefficient (Wildman–Crippen LogP) is 18.7. The number of aliphatic hydroxyl groups excluding tert-OH is 4. The van der Waals surface area contributed by atoms with Crippen LogP contribution in [0.15, 0.2) is 46.6 Å². The van der Waals surface area contributed by atoms with Crippen molar-refractivity contribution in [2.75, 3.05) is 46.8 Å². The van der Waals surface area contributed by atoms with Gasteiger partial charge < -0.3 is 48.8 Å². The zero-order valence-corrected chi connectivity index (χ0v) is 63.9. The average molecular weight is 1420 g/mol. The van der Waals surface area contributed by atoms with Gasteiger partial charge in [0, 0.05) is 66.3 Å². The second-order valence-corrected chi connectivity index (χ2v) is 39.6. The van der Waals surface area contributed by atoms with E-state index in [9.17, 15) is 24.9 Å². The maximum Gasteiger partial charge on any atom is 0.174 e. The summed E-state index contributed by atoms with van der Waals surface area (Å²) in [5.74, 6) is 8.07. The first-order valence-electron chi connectivity index (χ1n) is 41.3. The van der Waals surface area contributed by atoms with Crippen molar-refractivity contribution >= 4 is 11.6 Å². The Labute approximate surface area is 619 Å². The van der Waals surface area contributed by atoms with Gasteiger partial charge in [0.1, 0.15) is 5.78 Å². The number of hydrogen-bond acceptors (Lipinski definition) is 12. The van der Waals surface area contributed by atoms with E-state index in [1.54, 1.807) is 11.1 Å². The fourth-order valence-corrected chi connectivity index (χ4v) is 29.3. The van der Waals surface area contributed by atoms with E-state index in [1.807, 2.05) is 0 Å². The Bertz CT molecular complexity index is 3080. The van der Waals surface area contributed by atoms with E-state index in [4.69, 9.17) is 33.5 Å². The number of allylic oxidation sites excluding steroid dienone is 5. The highest BCUT2D eigenvalue weighted by molar-refractivity contribution is 5.94. The Balaban J connectivity index is 0.000000126. The summed E-state index contributed by atoms with van der Waals surface area (Å²) in [6.07, 6.45) is 40.4. The molecule has 0 amide bonds. The lowest BCUT2D eigenvalue weighted by atomic mass is 9.46. The number of fused-ring (bicyclic) bond motifs is 23. The zero-order chi connectivity index (χ0) is 70.0. The van der Waals surface area contributed by atoms with Crippen molar-refractivity contribution in [2.45, 2.75) is 321 Å². The molecule has 102 heavy (non-hydrogen) atoms. The molecule has 15 aliphatic carbocycles. The monoisotopic (exact) mass is 1420 g/mol. The Kier molecular flexibility index (Phi) is 22.1. The van der Waals surface area contributed by atoms with Crippen molar-refractivity contribution in [1.29, 1.82) is 0 Å². The molecule has 15 fully saturated rings. The Morgan fingerprint density at radius 3 is 1.09 bits per heavy atom. The molecule has 4 aliphatic heterocycles. The van der Waals surface area contributed by atoms with E-state index in [-0.39, 0.29) is 90.6 Å². The highest BCUT2D eigenvalue weighted by Crippen LogP contribution is 2.73. The average Bonchev–Trinajstić information content (AvgIpc) is 1.46. The molecule has 3 spiro atoms. The maximum atomic E-state index is 13.2. The smallest absolute Gasteiger partial charge is 0.174 e. The van der Waals surface area contributed by atoms with E-state index < -0.39 is 5.79 Å². The van der Waals surface area contributed by atoms with Gasteiger partial charge in [-0.1, -0.05) is 146 Å². The van der Waals surface area contributed by atoms with Gasteiger partial charge in [-0.05, 0) is 265 Å². The van der Waals surface area contributed by atoms with Gasteiger partial charge in [0.05, 0.1) is 58.0 Å². The number of Topliss-reactive ketones (excluding diaryl/α,β-unsaturated/α-hetero) is 1. The molecule has 4 N–H and O–H groups in total. The van der Waals surface area contributed by atoms with Crippen LogP contribution < -0.4 is 0 Å². The summed E-state index contributed by atoms with van der Waals surface area (Å²) in [7, 11) is 1.00. The van der Waals surface area contributed by atoms with Gasteiger partial charge in [0.2, 0.25) is 0 Å². The summed E-state index contributed by atoms with van der Waals surface area (Å²) in [6.45, 7) is 33.1. The topological polar surface area (TPSA) is 170 Å². The summed E-state index contributed by atoms with van der Waals surface area (Å²) < 4.78 is 37.4. The summed E-state index contributed by atoms with van der Waals surface area (Å²) in [6, 6.07) is 0. The summed E-state index contributed by atoms with van der Waals surface area (Å²) >= 11 is 0. The molecule has 19 rings (SSSR count). The SMILES string of the molecule is C.C.C.CO.C[C@H]1CC[C@@]2(C)C(=CC(=O)C3C2CC[C@@]2(C)C3COC23CCCO3)C1.C[C@H]1CC[C@@]2(C)C(=C[C@H](O)C3C2CC[C@@]2(C)C3CCC23OCCO3)C1.C[C@H]1CC[C@@]2(C)C(=C[C@H](O)C3C2CC[C@@]2(C)C3CCC23OCCO3)C1.C[C@H]1CC[C@@]2(C)C(=C[C@H](O)C3C2CC[C@]2(C)C(=O)CCC32)C1. The third-order valence-corrected chi connectivity index (χ3v) is 35.4. The molecule has 12 nitrogen and oxygen atoms in total. The lowest BCUT2D eigenvalue weighted by Gasteiger charge is -2.59. The first-order chi connectivity index (χ1) is 47.0. The van der Waals surface area contributed by atoms with Crippen molar-refractivity contribution < 1.29 is 58.4 Å². The predicted molar refractivity (Wildman–Crippen MR) is 405 cm³/mol. The molecule has 13 unspecified atom stereocenters. The van der Waals surface area contributed by atoms with Crippen LogP contribution in [0.5, 0.6) is 0 Å². The minimum atomic E-state index is -0.408. The van der Waals surface area contributed by atoms with Crippen LogP contribution in [-0.4, -0.2) is 114 Å². The normalized spacial score (nSPS) is 51.6. The third kappa shape index (κ3) is 11.7. The molecule has 11 saturated carbocycles. The fraction of sp³-hybridized carbons (Fsp3) is 0.889. The largest absolute Gasteiger partial charge is 0.400 e. The fourth-order valence-electron chi connectivity index (χ4n) is 29.3. The van der Waals surface area contributed by atoms with Crippen LogP contribution in [0.4, 0.5) is 0 Å². The van der Waals surface area contributed by atoms with Gasteiger partial charge in [-0.3, -0.25) is 9.59 Å². The van der Waals surface area contributed by atoms with E-state index in [1.165, 1.54) is 101 Å². The van der Waals surface area contributed by atoms with Gasteiger partial charge in [-0.25, -0.2) is 0 Å². The molecule has 4 heterocycles. The van der Waals surface area contributed by atoms with Crippen LogP contribution in [0.25, 0.3) is 0 Å². The van der Waals surface area contributed by atoms with E-state index in [0.717, 1.165) is 154 Å². The van der Waals surface area contributed by atoms with Crippen molar-refractivity contribution in [3.8, 4) is 0 Å². The van der Waals surface area contributed by atoms with Gasteiger partial charge >= 0.3 is 0 Å². The molecule has 12 heteroatoms. The van der Waals surface area contributed by atoms with E-state index in [0.29, 0.717) is 94.1 Å². The second kappa shape index (κ2) is 28.3. The lowest BCUT2D eigenvalue weighted by molar-refractivity contribution is -0.246. The minimum Gasteiger partial charge on any atom is -0.400 e. The number of rotatable bonds is 0. The first kappa shape index (κ1) is 79.5. The summed E-state index contributed by atoms with van der Waals surface area (Å²) in [5, 5.41) is 40.3. The molecule has 0 aromatic rings. The van der Waals surface area contributed by atoms with Crippen molar-refractivity contribution in [2.24, 2.45) is 138 Å². The van der Waals surface area contributed by atoms with E-state index >= 15 is 0 Å². The minimum absolute atomic E-state index is 0. The molecule has 0 aromatic carbocycles. The number of hydrogen-bond donors (Lipinski definition) is 4. The van der Waals surface area contributed by atoms with Crippen LogP contribution in [0.2, 0.25) is 0 Å². The maximum absolute atomic E-state index is 13.2. The van der Waals surface area contributed by atoms with Gasteiger partial charge in [-0.2, -0.15) is 0 Å². The Morgan fingerprint density at radius 2 is 0.676 bits per heavy atom. The number of aliphatic hydroxyl groups is 4. The number of carbonyl (C=O) groups excluding carboxylic acids is 2. The van der Waals surface area contributed by atoms with Crippen LogP contribution in [-0.2, 0) is 38.0 Å². The number of carbonyl (C=O) groups is 2. The highest BCUT2D eigenvalue weighted by Gasteiger charge is 2.72. The molecule has 0 aromatic heterocycles. The molecule has 0 bridgehead atoms. The zero-order valence-electron chi connectivity index (χ0n) is 63.9. The van der Waals surface area contributed by atoms with Gasteiger partial charge in [0.15, 0.2) is 23.1 Å². The van der Waals surface area contributed by atoms with Crippen LogP contribution in [0.3, 0.4) is 0 Å². The quantitative estimate of drug-likeness (QED) is 0.170. The van der Waals surface area contributed by atoms with E-state index in [2.05, 4.69) is 107 Å². The molecule has 28 atom stereocenters. The van der Waals surface area contributed by atoms with Crippen LogP contribution in [0, 0.1) is 138 Å². The molecule has 578 valence electrons.